The molecule has 0 bridgehead atoms. The molecule has 1 aromatic rings. The van der Waals surface area contributed by atoms with E-state index >= 15 is 0 Å². The largest absolute Gasteiger partial charge is 0.394 e. The zero-order chi connectivity index (χ0) is 14.8. The maximum Gasteiger partial charge on any atom is 0.231 e. The fraction of sp³-hybridized carbons (Fsp3) is 0.769. The molecule has 0 spiro atoms. The highest BCUT2D eigenvalue weighted by atomic mass is 35.5. The first kappa shape index (κ1) is 14.7. The number of hydrogen-bond donors (Lipinski definition) is 1. The van der Waals surface area contributed by atoms with E-state index in [2.05, 4.69) is 21.9 Å². The number of aliphatic hydroxyl groups is 1. The second kappa shape index (κ2) is 6.29. The smallest absolute Gasteiger partial charge is 0.231 e. The van der Waals surface area contributed by atoms with Gasteiger partial charge >= 0.3 is 0 Å². The third-order valence-corrected chi connectivity index (χ3v) is 4.37. The highest BCUT2D eigenvalue weighted by Gasteiger charge is 2.33. The predicted octanol–water partition coefficient (Wildman–Crippen LogP) is 0.569. The molecule has 2 saturated heterocycles. The fourth-order valence-corrected chi connectivity index (χ4v) is 3.05. The Morgan fingerprint density at radius 3 is 2.62 bits per heavy atom. The molecule has 0 saturated carbocycles. The van der Waals surface area contributed by atoms with E-state index in [0.29, 0.717) is 31.0 Å². The van der Waals surface area contributed by atoms with E-state index in [1.54, 1.807) is 0 Å². The fourth-order valence-electron chi connectivity index (χ4n) is 2.90. The van der Waals surface area contributed by atoms with Crippen LogP contribution in [0.15, 0.2) is 0 Å². The number of aliphatic hydroxyl groups excluding tert-OH is 1. The van der Waals surface area contributed by atoms with Crippen LogP contribution in [0, 0.1) is 5.92 Å². The van der Waals surface area contributed by atoms with Gasteiger partial charge < -0.3 is 19.6 Å². The molecule has 21 heavy (non-hydrogen) atoms. The van der Waals surface area contributed by atoms with Gasteiger partial charge in [-0.3, -0.25) is 0 Å². The molecule has 3 rings (SSSR count). The summed E-state index contributed by atoms with van der Waals surface area (Å²) in [6.07, 6.45) is 1.02. The third-order valence-electron chi connectivity index (χ3n) is 4.20. The van der Waals surface area contributed by atoms with Gasteiger partial charge in [0, 0.05) is 19.6 Å². The molecule has 8 heteroatoms. The highest BCUT2D eigenvalue weighted by molar-refractivity contribution is 6.28. The Kier molecular flexibility index (Phi) is 4.42. The van der Waals surface area contributed by atoms with Gasteiger partial charge in [-0.15, -0.1) is 0 Å². The zero-order valence-electron chi connectivity index (χ0n) is 12.1. The molecule has 2 atom stereocenters. The Labute approximate surface area is 128 Å². The molecule has 0 radical (unpaired) electrons. The monoisotopic (exact) mass is 313 g/mol. The van der Waals surface area contributed by atoms with E-state index < -0.39 is 0 Å². The number of aromatic nitrogens is 3. The summed E-state index contributed by atoms with van der Waals surface area (Å²) in [6, 6.07) is 0.0426. The first-order valence-electron chi connectivity index (χ1n) is 7.31. The number of halogens is 1. The van der Waals surface area contributed by atoms with E-state index in [1.165, 1.54) is 0 Å². The summed E-state index contributed by atoms with van der Waals surface area (Å²) in [4.78, 5) is 17.1. The van der Waals surface area contributed by atoms with Crippen LogP contribution in [-0.2, 0) is 4.74 Å². The number of nitrogens with zero attached hydrogens (tertiary/aromatic N) is 5. The molecule has 2 aliphatic rings. The van der Waals surface area contributed by atoms with Gasteiger partial charge in [0.2, 0.25) is 17.2 Å². The van der Waals surface area contributed by atoms with Crippen LogP contribution in [0.1, 0.15) is 13.3 Å². The van der Waals surface area contributed by atoms with Crippen LogP contribution < -0.4 is 9.80 Å². The SMILES string of the molecule is CC1CCN(c2nc(Cl)nc(N3CCOCC3)n2)C1CO. The lowest BCUT2D eigenvalue weighted by Crippen LogP contribution is -2.39. The summed E-state index contributed by atoms with van der Waals surface area (Å²) in [5, 5.41) is 9.78. The van der Waals surface area contributed by atoms with Crippen molar-refractivity contribution in [2.45, 2.75) is 19.4 Å². The molecule has 116 valence electrons. The Hall–Kier alpha value is -1.18. The molecule has 3 heterocycles. The molecule has 2 unspecified atom stereocenters. The molecule has 2 fully saturated rings. The standard InChI is InChI=1S/C13H20ClN5O2/c1-9-2-3-19(10(9)8-20)13-16-11(14)15-12(17-13)18-4-6-21-7-5-18/h9-10,20H,2-8H2,1H3. The van der Waals surface area contributed by atoms with Crippen molar-refractivity contribution in [1.82, 2.24) is 15.0 Å². The first-order valence-corrected chi connectivity index (χ1v) is 7.68. The number of anilines is 2. The van der Waals surface area contributed by atoms with E-state index in [9.17, 15) is 5.11 Å². The van der Waals surface area contributed by atoms with Crippen molar-refractivity contribution < 1.29 is 9.84 Å². The zero-order valence-corrected chi connectivity index (χ0v) is 12.8. The summed E-state index contributed by atoms with van der Waals surface area (Å²) in [5.74, 6) is 1.56. The molecule has 7 nitrogen and oxygen atoms in total. The quantitative estimate of drug-likeness (QED) is 0.874. The van der Waals surface area contributed by atoms with Gasteiger partial charge in [-0.1, -0.05) is 6.92 Å². The Bertz CT molecular complexity index is 497. The Balaban J connectivity index is 1.87. The maximum absolute atomic E-state index is 9.58. The second-order valence-electron chi connectivity index (χ2n) is 5.51. The molecule has 1 aromatic heterocycles. The molecular weight excluding hydrogens is 294 g/mol. The summed E-state index contributed by atoms with van der Waals surface area (Å²) in [5.41, 5.74) is 0. The maximum atomic E-state index is 9.58. The number of rotatable bonds is 3. The molecule has 0 aromatic carbocycles. The highest BCUT2D eigenvalue weighted by Crippen LogP contribution is 2.28. The average Bonchev–Trinajstić information content (AvgIpc) is 2.88. The summed E-state index contributed by atoms with van der Waals surface area (Å²) in [7, 11) is 0. The number of hydrogen-bond acceptors (Lipinski definition) is 7. The topological polar surface area (TPSA) is 74.6 Å². The number of morpholine rings is 1. The second-order valence-corrected chi connectivity index (χ2v) is 5.85. The number of ether oxygens (including phenoxy) is 1. The molecule has 1 N–H and O–H groups in total. The lowest BCUT2D eigenvalue weighted by atomic mass is 10.0. The summed E-state index contributed by atoms with van der Waals surface area (Å²) in [6.45, 7) is 5.88. The lowest BCUT2D eigenvalue weighted by molar-refractivity contribution is 0.122. The van der Waals surface area contributed by atoms with Gasteiger partial charge in [0.05, 0.1) is 25.9 Å². The van der Waals surface area contributed by atoms with E-state index in [0.717, 1.165) is 26.1 Å². The van der Waals surface area contributed by atoms with Crippen LogP contribution in [0.4, 0.5) is 11.9 Å². The average molecular weight is 314 g/mol. The van der Waals surface area contributed by atoms with Gasteiger partial charge in [-0.05, 0) is 23.9 Å². The van der Waals surface area contributed by atoms with Crippen LogP contribution in [0.2, 0.25) is 5.28 Å². The summed E-state index contributed by atoms with van der Waals surface area (Å²) < 4.78 is 5.34. The van der Waals surface area contributed by atoms with Crippen molar-refractivity contribution in [1.29, 1.82) is 0 Å². The van der Waals surface area contributed by atoms with Crippen molar-refractivity contribution in [2.24, 2.45) is 5.92 Å². The Morgan fingerprint density at radius 2 is 1.90 bits per heavy atom. The minimum Gasteiger partial charge on any atom is -0.394 e. The van der Waals surface area contributed by atoms with Gasteiger partial charge in [0.15, 0.2) is 0 Å². The first-order chi connectivity index (χ1) is 10.2. The lowest BCUT2D eigenvalue weighted by Gasteiger charge is -2.29. The summed E-state index contributed by atoms with van der Waals surface area (Å²) >= 11 is 6.07. The Morgan fingerprint density at radius 1 is 1.19 bits per heavy atom. The van der Waals surface area contributed by atoms with Crippen LogP contribution in [-0.4, -0.2) is 65.6 Å². The normalized spacial score (nSPS) is 26.4. The van der Waals surface area contributed by atoms with Crippen molar-refractivity contribution in [3.63, 3.8) is 0 Å². The van der Waals surface area contributed by atoms with Gasteiger partial charge in [0.1, 0.15) is 0 Å². The molecule has 0 aliphatic carbocycles. The van der Waals surface area contributed by atoms with E-state index in [-0.39, 0.29) is 17.9 Å². The van der Waals surface area contributed by atoms with Crippen LogP contribution in [0.25, 0.3) is 0 Å². The molecular formula is C13H20ClN5O2. The molecule has 2 aliphatic heterocycles. The van der Waals surface area contributed by atoms with E-state index in [1.807, 2.05) is 9.80 Å². The van der Waals surface area contributed by atoms with Crippen LogP contribution >= 0.6 is 11.6 Å². The minimum atomic E-state index is 0.0426. The van der Waals surface area contributed by atoms with E-state index in [4.69, 9.17) is 16.3 Å². The minimum absolute atomic E-state index is 0.0426. The van der Waals surface area contributed by atoms with Gasteiger partial charge in [0.25, 0.3) is 0 Å². The van der Waals surface area contributed by atoms with Crippen LogP contribution in [0.5, 0.6) is 0 Å². The van der Waals surface area contributed by atoms with Crippen molar-refractivity contribution >= 4 is 23.5 Å². The molecule has 0 amide bonds. The van der Waals surface area contributed by atoms with Crippen molar-refractivity contribution in [2.75, 3.05) is 49.3 Å². The van der Waals surface area contributed by atoms with Crippen molar-refractivity contribution in [3.05, 3.63) is 5.28 Å². The van der Waals surface area contributed by atoms with Gasteiger partial charge in [-0.2, -0.15) is 15.0 Å². The third kappa shape index (κ3) is 3.04. The van der Waals surface area contributed by atoms with Crippen molar-refractivity contribution in [3.8, 4) is 0 Å². The van der Waals surface area contributed by atoms with Gasteiger partial charge in [-0.25, -0.2) is 0 Å². The van der Waals surface area contributed by atoms with Crippen LogP contribution in [0.3, 0.4) is 0 Å². The predicted molar refractivity (Wildman–Crippen MR) is 79.9 cm³/mol.